The Labute approximate surface area is 98.1 Å². The van der Waals surface area contributed by atoms with Crippen LogP contribution in [0.2, 0.25) is 5.02 Å². The molecule has 0 saturated heterocycles. The molecule has 0 spiro atoms. The molecular formula is C12H11ClOS. The summed E-state index contributed by atoms with van der Waals surface area (Å²) in [5.74, 6) is 0.735. The van der Waals surface area contributed by atoms with Crippen molar-refractivity contribution in [3.05, 3.63) is 41.4 Å². The lowest BCUT2D eigenvalue weighted by atomic mass is 10.1. The van der Waals surface area contributed by atoms with Gasteiger partial charge in [-0.15, -0.1) is 11.8 Å². The summed E-state index contributed by atoms with van der Waals surface area (Å²) in [5, 5.41) is 11.8. The molecule has 0 aliphatic heterocycles. The molecule has 0 aliphatic carbocycles. The number of fused-ring (bicyclic) bond motifs is 1. The molecule has 2 aromatic carbocycles. The van der Waals surface area contributed by atoms with Crippen molar-refractivity contribution < 1.29 is 5.11 Å². The van der Waals surface area contributed by atoms with E-state index in [2.05, 4.69) is 18.2 Å². The van der Waals surface area contributed by atoms with Gasteiger partial charge in [0.1, 0.15) is 0 Å². The number of hydrogen-bond donors (Lipinski definition) is 1. The molecule has 2 rings (SSSR count). The second-order valence-corrected chi connectivity index (χ2v) is 4.83. The molecule has 1 nitrogen and oxygen atoms in total. The van der Waals surface area contributed by atoms with E-state index in [1.165, 1.54) is 10.3 Å². The summed E-state index contributed by atoms with van der Waals surface area (Å²) < 4.78 is 0. The monoisotopic (exact) mass is 238 g/mol. The van der Waals surface area contributed by atoms with Gasteiger partial charge in [-0.3, -0.25) is 0 Å². The predicted octanol–water partition coefficient (Wildman–Crippen LogP) is 3.58. The standard InChI is InChI=1S/C12H11ClOS/c13-11-3-1-10-8-12(15-6-5-14)4-2-9(10)7-11/h1-4,7-8,14H,5-6H2. The minimum Gasteiger partial charge on any atom is -0.396 e. The minimum atomic E-state index is 0.212. The highest BCUT2D eigenvalue weighted by Gasteiger charge is 1.97. The van der Waals surface area contributed by atoms with Gasteiger partial charge in [0.15, 0.2) is 0 Å². The number of benzene rings is 2. The highest BCUT2D eigenvalue weighted by Crippen LogP contribution is 2.25. The van der Waals surface area contributed by atoms with E-state index in [0.717, 1.165) is 16.2 Å². The Bertz CT molecular complexity index is 470. The van der Waals surface area contributed by atoms with Gasteiger partial charge in [0.05, 0.1) is 6.61 Å². The Morgan fingerprint density at radius 3 is 2.60 bits per heavy atom. The van der Waals surface area contributed by atoms with Crippen LogP contribution in [0.25, 0.3) is 10.8 Å². The molecular weight excluding hydrogens is 228 g/mol. The van der Waals surface area contributed by atoms with E-state index in [1.807, 2.05) is 18.2 Å². The summed E-state index contributed by atoms with van der Waals surface area (Å²) >= 11 is 7.56. The smallest absolute Gasteiger partial charge is 0.0525 e. The van der Waals surface area contributed by atoms with Crippen molar-refractivity contribution in [3.63, 3.8) is 0 Å². The summed E-state index contributed by atoms with van der Waals surface area (Å²) in [4.78, 5) is 1.18. The van der Waals surface area contributed by atoms with Crippen LogP contribution in [0.5, 0.6) is 0 Å². The first-order valence-electron chi connectivity index (χ1n) is 4.72. The quantitative estimate of drug-likeness (QED) is 0.825. The van der Waals surface area contributed by atoms with Crippen LogP contribution in [0.3, 0.4) is 0 Å². The Morgan fingerprint density at radius 2 is 1.80 bits per heavy atom. The van der Waals surface area contributed by atoms with Gasteiger partial charge in [0, 0.05) is 15.7 Å². The maximum atomic E-state index is 8.74. The number of aliphatic hydroxyl groups is 1. The maximum absolute atomic E-state index is 8.74. The van der Waals surface area contributed by atoms with Gasteiger partial charge in [0.2, 0.25) is 0 Å². The van der Waals surface area contributed by atoms with E-state index in [0.29, 0.717) is 0 Å². The first-order chi connectivity index (χ1) is 7.29. The number of rotatable bonds is 3. The Balaban J connectivity index is 2.34. The fourth-order valence-electron chi connectivity index (χ4n) is 1.45. The Hall–Kier alpha value is -0.700. The van der Waals surface area contributed by atoms with Gasteiger partial charge >= 0.3 is 0 Å². The van der Waals surface area contributed by atoms with Crippen LogP contribution in [0.1, 0.15) is 0 Å². The number of hydrogen-bond acceptors (Lipinski definition) is 2. The normalized spacial score (nSPS) is 10.8. The van der Waals surface area contributed by atoms with Crippen LogP contribution in [-0.2, 0) is 0 Å². The SMILES string of the molecule is OCCSc1ccc2cc(Cl)ccc2c1. The lowest BCUT2D eigenvalue weighted by molar-refractivity contribution is 0.322. The van der Waals surface area contributed by atoms with Gasteiger partial charge in [-0.1, -0.05) is 23.7 Å². The second kappa shape index (κ2) is 4.88. The van der Waals surface area contributed by atoms with Crippen molar-refractivity contribution in [2.24, 2.45) is 0 Å². The summed E-state index contributed by atoms with van der Waals surface area (Å²) in [6.45, 7) is 0.212. The molecule has 3 heteroatoms. The molecule has 2 aromatic rings. The van der Waals surface area contributed by atoms with Crippen molar-refractivity contribution >= 4 is 34.1 Å². The van der Waals surface area contributed by atoms with Crippen LogP contribution in [0, 0.1) is 0 Å². The number of thioether (sulfide) groups is 1. The van der Waals surface area contributed by atoms with E-state index >= 15 is 0 Å². The summed E-state index contributed by atoms with van der Waals surface area (Å²) in [6, 6.07) is 12.1. The van der Waals surface area contributed by atoms with Crippen molar-refractivity contribution in [2.75, 3.05) is 12.4 Å². The van der Waals surface area contributed by atoms with Crippen molar-refractivity contribution in [3.8, 4) is 0 Å². The first-order valence-corrected chi connectivity index (χ1v) is 6.09. The third kappa shape index (κ3) is 2.65. The summed E-state index contributed by atoms with van der Waals surface area (Å²) in [6.07, 6.45) is 0. The fourth-order valence-corrected chi connectivity index (χ4v) is 2.33. The molecule has 0 heterocycles. The van der Waals surface area contributed by atoms with E-state index in [9.17, 15) is 0 Å². The molecule has 15 heavy (non-hydrogen) atoms. The Kier molecular flexibility index (Phi) is 3.52. The third-order valence-electron chi connectivity index (χ3n) is 2.13. The minimum absolute atomic E-state index is 0.212. The highest BCUT2D eigenvalue weighted by molar-refractivity contribution is 7.99. The molecule has 0 fully saturated rings. The molecule has 0 aromatic heterocycles. The maximum Gasteiger partial charge on any atom is 0.0525 e. The fraction of sp³-hybridized carbons (Fsp3) is 0.167. The van der Waals surface area contributed by atoms with Crippen LogP contribution in [-0.4, -0.2) is 17.5 Å². The van der Waals surface area contributed by atoms with Crippen molar-refractivity contribution in [1.82, 2.24) is 0 Å². The molecule has 0 aliphatic rings. The lowest BCUT2D eigenvalue weighted by Crippen LogP contribution is -1.85. The molecule has 0 atom stereocenters. The van der Waals surface area contributed by atoms with E-state index < -0.39 is 0 Å². The average molecular weight is 239 g/mol. The zero-order valence-electron chi connectivity index (χ0n) is 8.11. The van der Waals surface area contributed by atoms with Gasteiger partial charge in [-0.2, -0.15) is 0 Å². The number of halogens is 1. The average Bonchev–Trinajstić information content (AvgIpc) is 2.26. The van der Waals surface area contributed by atoms with Crippen LogP contribution < -0.4 is 0 Å². The Morgan fingerprint density at radius 1 is 1.07 bits per heavy atom. The molecule has 0 bridgehead atoms. The molecule has 1 N–H and O–H groups in total. The van der Waals surface area contributed by atoms with Gasteiger partial charge < -0.3 is 5.11 Å². The number of aliphatic hydroxyl groups excluding tert-OH is 1. The molecule has 0 unspecified atom stereocenters. The van der Waals surface area contributed by atoms with E-state index in [4.69, 9.17) is 16.7 Å². The largest absolute Gasteiger partial charge is 0.396 e. The second-order valence-electron chi connectivity index (χ2n) is 3.23. The van der Waals surface area contributed by atoms with Crippen LogP contribution >= 0.6 is 23.4 Å². The third-order valence-corrected chi connectivity index (χ3v) is 3.34. The molecule has 78 valence electrons. The topological polar surface area (TPSA) is 20.2 Å². The van der Waals surface area contributed by atoms with Gasteiger partial charge in [0.25, 0.3) is 0 Å². The summed E-state index contributed by atoms with van der Waals surface area (Å²) in [5.41, 5.74) is 0. The summed E-state index contributed by atoms with van der Waals surface area (Å²) in [7, 11) is 0. The van der Waals surface area contributed by atoms with Crippen molar-refractivity contribution in [1.29, 1.82) is 0 Å². The first kappa shape index (κ1) is 10.8. The van der Waals surface area contributed by atoms with Crippen molar-refractivity contribution in [2.45, 2.75) is 4.90 Å². The molecule has 0 saturated carbocycles. The molecule has 0 radical (unpaired) electrons. The van der Waals surface area contributed by atoms with Gasteiger partial charge in [-0.05, 0) is 35.0 Å². The van der Waals surface area contributed by atoms with Gasteiger partial charge in [-0.25, -0.2) is 0 Å². The lowest BCUT2D eigenvalue weighted by Gasteiger charge is -2.02. The zero-order valence-corrected chi connectivity index (χ0v) is 9.68. The zero-order chi connectivity index (χ0) is 10.7. The van der Waals surface area contributed by atoms with Crippen LogP contribution in [0.4, 0.5) is 0 Å². The highest BCUT2D eigenvalue weighted by atomic mass is 35.5. The molecule has 0 amide bonds. The van der Waals surface area contributed by atoms with E-state index in [-0.39, 0.29) is 6.61 Å². The van der Waals surface area contributed by atoms with Crippen LogP contribution in [0.15, 0.2) is 41.3 Å². The predicted molar refractivity (Wildman–Crippen MR) is 66.8 cm³/mol. The van der Waals surface area contributed by atoms with E-state index in [1.54, 1.807) is 11.8 Å².